The molecule has 0 spiro atoms. The van der Waals surface area contributed by atoms with Gasteiger partial charge >= 0.3 is 0 Å². The summed E-state index contributed by atoms with van der Waals surface area (Å²) in [5, 5.41) is 12.5. The number of aliphatic hydroxyl groups is 1. The van der Waals surface area contributed by atoms with Crippen LogP contribution in [-0.4, -0.2) is 30.5 Å². The number of benzene rings is 1. The lowest BCUT2D eigenvalue weighted by Crippen LogP contribution is -2.31. The summed E-state index contributed by atoms with van der Waals surface area (Å²) in [6, 6.07) is 6.02. The van der Waals surface area contributed by atoms with Crippen molar-refractivity contribution in [2.24, 2.45) is 0 Å². The first-order valence-electron chi connectivity index (χ1n) is 4.53. The van der Waals surface area contributed by atoms with E-state index in [0.717, 1.165) is 0 Å². The van der Waals surface area contributed by atoms with Gasteiger partial charge in [-0.25, -0.2) is 4.39 Å². The van der Waals surface area contributed by atoms with Crippen molar-refractivity contribution in [2.45, 2.75) is 12.1 Å². The summed E-state index contributed by atoms with van der Waals surface area (Å²) in [4.78, 5) is 0. The predicted molar refractivity (Wildman–Crippen MR) is 50.6 cm³/mol. The van der Waals surface area contributed by atoms with Gasteiger partial charge in [-0.3, -0.25) is 0 Å². The smallest absolute Gasteiger partial charge is 0.125 e. The second-order valence-corrected chi connectivity index (χ2v) is 3.37. The minimum Gasteiger partial charge on any atom is -0.388 e. The first-order valence-corrected chi connectivity index (χ1v) is 4.53. The van der Waals surface area contributed by atoms with Crippen LogP contribution in [-0.2, 0) is 4.74 Å². The van der Waals surface area contributed by atoms with Crippen LogP contribution in [0.15, 0.2) is 24.3 Å². The number of anilines is 1. The summed E-state index contributed by atoms with van der Waals surface area (Å²) in [6.07, 6.45) is -0.515. The lowest BCUT2D eigenvalue weighted by molar-refractivity contribution is 0.125. The van der Waals surface area contributed by atoms with E-state index in [1.807, 2.05) is 0 Å². The van der Waals surface area contributed by atoms with Crippen LogP contribution in [0.1, 0.15) is 0 Å². The Bertz CT molecular complexity index is 319. The molecule has 4 heteroatoms. The highest BCUT2D eigenvalue weighted by molar-refractivity contribution is 5.44. The first kappa shape index (κ1) is 9.43. The third kappa shape index (κ3) is 2.02. The van der Waals surface area contributed by atoms with E-state index in [1.165, 1.54) is 12.1 Å². The van der Waals surface area contributed by atoms with E-state index in [0.29, 0.717) is 18.9 Å². The molecule has 2 rings (SSSR count). The highest BCUT2D eigenvalue weighted by Crippen LogP contribution is 2.15. The standard InChI is InChI=1S/C10H12FNO2/c11-7-2-1-3-8(4-7)12-9-5-14-6-10(9)13/h1-4,9-10,12-13H,5-6H2/t9-,10+/m1/s1. The van der Waals surface area contributed by atoms with Crippen LogP contribution < -0.4 is 5.32 Å². The molecular weight excluding hydrogens is 185 g/mol. The van der Waals surface area contributed by atoms with Gasteiger partial charge in [-0.2, -0.15) is 0 Å². The predicted octanol–water partition coefficient (Wildman–Crippen LogP) is 0.997. The Kier molecular flexibility index (Phi) is 2.65. The van der Waals surface area contributed by atoms with Crippen LogP contribution in [0, 0.1) is 5.82 Å². The zero-order valence-corrected chi connectivity index (χ0v) is 7.61. The molecule has 3 nitrogen and oxygen atoms in total. The number of rotatable bonds is 2. The molecule has 0 bridgehead atoms. The van der Waals surface area contributed by atoms with E-state index in [-0.39, 0.29) is 11.9 Å². The number of hydrogen-bond acceptors (Lipinski definition) is 3. The van der Waals surface area contributed by atoms with Crippen LogP contribution in [0.25, 0.3) is 0 Å². The summed E-state index contributed by atoms with van der Waals surface area (Å²) in [5.41, 5.74) is 0.666. The van der Waals surface area contributed by atoms with Crippen LogP contribution in [0.3, 0.4) is 0 Å². The summed E-state index contributed by atoms with van der Waals surface area (Å²) < 4.78 is 17.9. The quantitative estimate of drug-likeness (QED) is 0.743. The molecule has 1 aromatic rings. The molecule has 1 aliphatic rings. The molecule has 0 aromatic heterocycles. The fraction of sp³-hybridized carbons (Fsp3) is 0.400. The van der Waals surface area contributed by atoms with E-state index >= 15 is 0 Å². The molecule has 1 aliphatic heterocycles. The highest BCUT2D eigenvalue weighted by Gasteiger charge is 2.25. The van der Waals surface area contributed by atoms with Crippen LogP contribution >= 0.6 is 0 Å². The lowest BCUT2D eigenvalue weighted by atomic mass is 10.2. The SMILES string of the molecule is O[C@H]1COC[C@H]1Nc1cccc(F)c1. The molecule has 1 heterocycles. The molecule has 2 N–H and O–H groups in total. The Morgan fingerprint density at radius 1 is 1.43 bits per heavy atom. The Morgan fingerprint density at radius 2 is 2.29 bits per heavy atom. The third-order valence-corrected chi connectivity index (χ3v) is 2.23. The highest BCUT2D eigenvalue weighted by atomic mass is 19.1. The summed E-state index contributed by atoms with van der Waals surface area (Å²) in [5.74, 6) is -0.289. The van der Waals surface area contributed by atoms with Crippen molar-refractivity contribution in [1.82, 2.24) is 0 Å². The Balaban J connectivity index is 2.03. The minimum atomic E-state index is -0.515. The van der Waals surface area contributed by atoms with E-state index in [2.05, 4.69) is 5.32 Å². The topological polar surface area (TPSA) is 41.5 Å². The maximum Gasteiger partial charge on any atom is 0.125 e. The van der Waals surface area contributed by atoms with E-state index in [9.17, 15) is 9.50 Å². The average molecular weight is 197 g/mol. The van der Waals surface area contributed by atoms with E-state index in [4.69, 9.17) is 4.74 Å². The van der Waals surface area contributed by atoms with Crippen LogP contribution in [0.5, 0.6) is 0 Å². The van der Waals surface area contributed by atoms with Crippen molar-refractivity contribution in [3.63, 3.8) is 0 Å². The molecule has 0 unspecified atom stereocenters. The third-order valence-electron chi connectivity index (χ3n) is 2.23. The van der Waals surface area contributed by atoms with Crippen LogP contribution in [0.2, 0.25) is 0 Å². The largest absolute Gasteiger partial charge is 0.388 e. The van der Waals surface area contributed by atoms with Gasteiger partial charge in [0.1, 0.15) is 5.82 Å². The molecular formula is C10H12FNO2. The molecule has 1 saturated heterocycles. The first-order chi connectivity index (χ1) is 6.75. The van der Waals surface area contributed by atoms with Gasteiger partial charge in [0.15, 0.2) is 0 Å². The second kappa shape index (κ2) is 3.94. The van der Waals surface area contributed by atoms with Gasteiger partial charge in [0.2, 0.25) is 0 Å². The second-order valence-electron chi connectivity index (χ2n) is 3.37. The van der Waals surface area contributed by atoms with Crippen molar-refractivity contribution in [3.8, 4) is 0 Å². The molecule has 76 valence electrons. The van der Waals surface area contributed by atoms with E-state index in [1.54, 1.807) is 12.1 Å². The average Bonchev–Trinajstić information content (AvgIpc) is 2.52. The van der Waals surface area contributed by atoms with Gasteiger partial charge in [0.05, 0.1) is 25.4 Å². The lowest BCUT2D eigenvalue weighted by Gasteiger charge is -2.15. The number of aliphatic hydroxyl groups excluding tert-OH is 1. The van der Waals surface area contributed by atoms with Gasteiger partial charge in [-0.15, -0.1) is 0 Å². The zero-order valence-electron chi connectivity index (χ0n) is 7.61. The fourth-order valence-electron chi connectivity index (χ4n) is 1.47. The van der Waals surface area contributed by atoms with Crippen molar-refractivity contribution in [2.75, 3.05) is 18.5 Å². The molecule has 1 aromatic carbocycles. The number of nitrogens with one attached hydrogen (secondary N) is 1. The van der Waals surface area contributed by atoms with Gasteiger partial charge < -0.3 is 15.2 Å². The summed E-state index contributed by atoms with van der Waals surface area (Å²) >= 11 is 0. The molecule has 2 atom stereocenters. The molecule has 0 amide bonds. The van der Waals surface area contributed by atoms with Crippen LogP contribution in [0.4, 0.5) is 10.1 Å². The van der Waals surface area contributed by atoms with Gasteiger partial charge in [-0.05, 0) is 18.2 Å². The summed E-state index contributed by atoms with van der Waals surface area (Å²) in [7, 11) is 0. The number of halogens is 1. The minimum absolute atomic E-state index is 0.142. The Morgan fingerprint density at radius 3 is 2.93 bits per heavy atom. The van der Waals surface area contributed by atoms with Crippen molar-refractivity contribution in [3.05, 3.63) is 30.1 Å². The van der Waals surface area contributed by atoms with Gasteiger partial charge in [-0.1, -0.05) is 6.07 Å². The maximum absolute atomic E-state index is 12.8. The van der Waals surface area contributed by atoms with Crippen molar-refractivity contribution in [1.29, 1.82) is 0 Å². The molecule has 14 heavy (non-hydrogen) atoms. The molecule has 1 fully saturated rings. The zero-order chi connectivity index (χ0) is 9.97. The Hall–Kier alpha value is -1.13. The van der Waals surface area contributed by atoms with Crippen molar-refractivity contribution >= 4 is 5.69 Å². The van der Waals surface area contributed by atoms with Gasteiger partial charge in [0.25, 0.3) is 0 Å². The maximum atomic E-state index is 12.8. The molecule has 0 aliphatic carbocycles. The molecule has 0 radical (unpaired) electrons. The van der Waals surface area contributed by atoms with Crippen molar-refractivity contribution < 1.29 is 14.2 Å². The van der Waals surface area contributed by atoms with Gasteiger partial charge in [0, 0.05) is 5.69 Å². The number of hydrogen-bond donors (Lipinski definition) is 2. The summed E-state index contributed by atoms with van der Waals surface area (Å²) in [6.45, 7) is 0.796. The molecule has 0 saturated carbocycles. The normalized spacial score (nSPS) is 26.4. The Labute approximate surface area is 81.5 Å². The number of ether oxygens (including phenoxy) is 1. The van der Waals surface area contributed by atoms with E-state index < -0.39 is 6.10 Å². The monoisotopic (exact) mass is 197 g/mol. The fourth-order valence-corrected chi connectivity index (χ4v) is 1.47.